The van der Waals surface area contributed by atoms with Crippen molar-refractivity contribution in [1.82, 2.24) is 0 Å². The maximum Gasteiger partial charge on any atom is 0.210 e. The van der Waals surface area contributed by atoms with E-state index in [0.29, 0.717) is 0 Å². The molecule has 0 aliphatic rings. The Labute approximate surface area is 82.2 Å². The van der Waals surface area contributed by atoms with Gasteiger partial charge in [0.2, 0.25) is 5.69 Å². The van der Waals surface area contributed by atoms with Crippen molar-refractivity contribution < 1.29 is 10.1 Å². The van der Waals surface area contributed by atoms with E-state index >= 15 is 0 Å². The Kier molecular flexibility index (Phi) is 2.32. The van der Waals surface area contributed by atoms with Crippen molar-refractivity contribution in [3.63, 3.8) is 0 Å². The van der Waals surface area contributed by atoms with Gasteiger partial charge in [0.1, 0.15) is 5.69 Å². The number of hydrogen-bond donors (Lipinski definition) is 1. The van der Waals surface area contributed by atoms with Crippen molar-refractivity contribution in [2.75, 3.05) is 0 Å². The largest absolute Gasteiger partial charge is 0.210 e. The van der Waals surface area contributed by atoms with Crippen molar-refractivity contribution in [2.24, 2.45) is 5.11 Å². The molecule has 0 aliphatic carbocycles. The molecule has 1 heterocycles. The van der Waals surface area contributed by atoms with Crippen LogP contribution in [0.4, 0.5) is 5.69 Å². The molecule has 0 aliphatic heterocycles. The summed E-state index contributed by atoms with van der Waals surface area (Å²) in [5, 5.41) is 3.60. The number of nitrogens with zero attached hydrogens (tertiary/aromatic N) is 2. The molecule has 2 N–H and O–H groups in total. The standard InChI is InChI=1S/C11H10N3/c12-13-10-4-6-11(7-5-10)14-8-2-1-3-9-14/h1-9,12H/q+1/p+1. The van der Waals surface area contributed by atoms with E-state index in [-0.39, 0.29) is 0 Å². The first-order valence-electron chi connectivity index (χ1n) is 4.38. The third-order valence-electron chi connectivity index (χ3n) is 2.01. The second-order valence-corrected chi connectivity index (χ2v) is 2.93. The first kappa shape index (κ1) is 8.56. The fourth-order valence-electron chi connectivity index (χ4n) is 1.28. The predicted molar refractivity (Wildman–Crippen MR) is 52.0 cm³/mol. The third-order valence-corrected chi connectivity index (χ3v) is 2.01. The highest BCUT2D eigenvalue weighted by atomic mass is 15.0. The molecule has 1 aromatic heterocycles. The van der Waals surface area contributed by atoms with Crippen LogP contribution in [0.3, 0.4) is 0 Å². The maximum absolute atomic E-state index is 5.16. The topological polar surface area (TPSA) is 41.8 Å². The Bertz CT molecular complexity index is 420. The summed E-state index contributed by atoms with van der Waals surface area (Å²) in [6.07, 6.45) is 3.99. The monoisotopic (exact) mass is 185 g/mol. The van der Waals surface area contributed by atoms with E-state index in [2.05, 4.69) is 5.11 Å². The number of rotatable bonds is 2. The van der Waals surface area contributed by atoms with E-state index in [1.165, 1.54) is 0 Å². The lowest BCUT2D eigenvalue weighted by Gasteiger charge is -1.93. The zero-order chi connectivity index (χ0) is 9.80. The van der Waals surface area contributed by atoms with Crippen molar-refractivity contribution in [2.45, 2.75) is 0 Å². The minimum absolute atomic E-state index is 0.783. The molecule has 68 valence electrons. The van der Waals surface area contributed by atoms with Crippen LogP contribution >= 0.6 is 0 Å². The molecule has 2 rings (SSSR count). The maximum atomic E-state index is 5.16. The summed E-state index contributed by atoms with van der Waals surface area (Å²) in [6, 6.07) is 13.7. The molecular formula is C11H11N3+2. The molecule has 3 heteroatoms. The molecule has 3 nitrogen and oxygen atoms in total. The average Bonchev–Trinajstić information content (AvgIpc) is 2.30. The minimum atomic E-state index is 0.783. The summed E-state index contributed by atoms with van der Waals surface area (Å²) in [7, 11) is 0. The van der Waals surface area contributed by atoms with E-state index in [9.17, 15) is 0 Å². The van der Waals surface area contributed by atoms with Crippen LogP contribution in [-0.2, 0) is 0 Å². The van der Waals surface area contributed by atoms with E-state index in [0.717, 1.165) is 11.4 Å². The van der Waals surface area contributed by atoms with Crippen LogP contribution < -0.4 is 10.1 Å². The molecule has 0 bridgehead atoms. The van der Waals surface area contributed by atoms with Gasteiger partial charge in [-0.15, -0.1) is 0 Å². The Morgan fingerprint density at radius 1 is 0.929 bits per heavy atom. The van der Waals surface area contributed by atoms with Gasteiger partial charge < -0.3 is 0 Å². The Morgan fingerprint density at radius 3 is 2.14 bits per heavy atom. The molecule has 0 amide bonds. The van der Waals surface area contributed by atoms with Crippen molar-refractivity contribution >= 4 is 5.69 Å². The SMILES string of the molecule is [NH2+]=Nc1ccc(-[n+]2ccccc2)cc1. The summed E-state index contributed by atoms with van der Waals surface area (Å²) in [5.74, 6) is 0. The van der Waals surface area contributed by atoms with Gasteiger partial charge in [-0.2, -0.15) is 10.1 Å². The van der Waals surface area contributed by atoms with Crippen LogP contribution in [0.1, 0.15) is 0 Å². The zero-order valence-corrected chi connectivity index (χ0v) is 7.67. The summed E-state index contributed by atoms with van der Waals surface area (Å²) in [6.45, 7) is 0. The molecule has 0 atom stereocenters. The van der Waals surface area contributed by atoms with Crippen molar-refractivity contribution in [3.05, 3.63) is 54.9 Å². The molecule has 0 radical (unpaired) electrons. The van der Waals surface area contributed by atoms with Gasteiger partial charge in [0.15, 0.2) is 12.4 Å². The zero-order valence-electron chi connectivity index (χ0n) is 7.67. The van der Waals surface area contributed by atoms with Crippen LogP contribution in [0.15, 0.2) is 60.0 Å². The molecular weight excluding hydrogens is 174 g/mol. The van der Waals surface area contributed by atoms with E-state index in [1.54, 1.807) is 0 Å². The Morgan fingerprint density at radius 2 is 1.57 bits per heavy atom. The number of aromatic nitrogens is 1. The highest BCUT2D eigenvalue weighted by Gasteiger charge is 2.03. The summed E-state index contributed by atoms with van der Waals surface area (Å²) < 4.78 is 2.03. The number of hydrogen-bond acceptors (Lipinski definition) is 1. The van der Waals surface area contributed by atoms with Crippen LogP contribution in [0.2, 0.25) is 0 Å². The van der Waals surface area contributed by atoms with Crippen molar-refractivity contribution in [3.8, 4) is 5.69 Å². The lowest BCUT2D eigenvalue weighted by Crippen LogP contribution is -2.28. The smallest absolute Gasteiger partial charge is 0.167 e. The van der Waals surface area contributed by atoms with E-state index in [1.807, 2.05) is 59.4 Å². The van der Waals surface area contributed by atoms with Gasteiger partial charge in [0, 0.05) is 24.3 Å². The van der Waals surface area contributed by atoms with Gasteiger partial charge in [0.05, 0.1) is 0 Å². The number of pyridine rings is 1. The molecule has 1 aromatic carbocycles. The second-order valence-electron chi connectivity index (χ2n) is 2.93. The van der Waals surface area contributed by atoms with Gasteiger partial charge in [-0.3, -0.25) is 0 Å². The summed E-state index contributed by atoms with van der Waals surface area (Å²) >= 11 is 0. The fourth-order valence-corrected chi connectivity index (χ4v) is 1.28. The first-order chi connectivity index (χ1) is 6.90. The van der Waals surface area contributed by atoms with Crippen molar-refractivity contribution in [1.29, 1.82) is 0 Å². The lowest BCUT2D eigenvalue weighted by molar-refractivity contribution is -0.595. The normalized spacial score (nSPS) is 9.71. The number of nitrogens with two attached hydrogens (primary N) is 1. The van der Waals surface area contributed by atoms with Gasteiger partial charge in [0.25, 0.3) is 0 Å². The molecule has 0 fully saturated rings. The molecule has 0 spiro atoms. The highest BCUT2D eigenvalue weighted by Crippen LogP contribution is 2.10. The minimum Gasteiger partial charge on any atom is -0.167 e. The fraction of sp³-hybridized carbons (Fsp3) is 0. The molecule has 0 saturated carbocycles. The van der Waals surface area contributed by atoms with E-state index in [4.69, 9.17) is 5.53 Å². The lowest BCUT2D eigenvalue weighted by atomic mass is 10.3. The summed E-state index contributed by atoms with van der Waals surface area (Å²) in [5.41, 5.74) is 7.03. The van der Waals surface area contributed by atoms with E-state index < -0.39 is 0 Å². The van der Waals surface area contributed by atoms with Crippen LogP contribution in [0.25, 0.3) is 5.69 Å². The average molecular weight is 185 g/mol. The quantitative estimate of drug-likeness (QED) is 0.531. The summed E-state index contributed by atoms with van der Waals surface area (Å²) in [4.78, 5) is 0. The van der Waals surface area contributed by atoms with Gasteiger partial charge >= 0.3 is 0 Å². The van der Waals surface area contributed by atoms with Crippen LogP contribution in [0, 0.1) is 0 Å². The molecule has 14 heavy (non-hydrogen) atoms. The molecule has 0 saturated heterocycles. The first-order valence-corrected chi connectivity index (χ1v) is 4.38. The highest BCUT2D eigenvalue weighted by molar-refractivity contribution is 5.40. The van der Waals surface area contributed by atoms with Crippen LogP contribution in [-0.4, -0.2) is 0 Å². The molecule has 0 unspecified atom stereocenters. The van der Waals surface area contributed by atoms with Gasteiger partial charge in [-0.05, 0) is 17.2 Å². The Hall–Kier alpha value is -2.03. The predicted octanol–water partition coefficient (Wildman–Crippen LogP) is 0.806. The van der Waals surface area contributed by atoms with Gasteiger partial charge in [-0.1, -0.05) is 6.07 Å². The Balaban J connectivity index is 2.39. The van der Waals surface area contributed by atoms with Crippen LogP contribution in [0.5, 0.6) is 0 Å². The van der Waals surface area contributed by atoms with Gasteiger partial charge in [-0.25, -0.2) is 0 Å². The third kappa shape index (κ3) is 1.66. The number of benzene rings is 1. The molecule has 2 aromatic rings. The second kappa shape index (κ2) is 3.79.